The predicted molar refractivity (Wildman–Crippen MR) is 88.7 cm³/mol. The zero-order chi connectivity index (χ0) is 15.1. The SMILES string of the molecule is CCCNC(C)c1ccccc1OCc1cccc(C)c1. The third kappa shape index (κ3) is 4.61. The first-order valence-electron chi connectivity index (χ1n) is 7.71. The van der Waals surface area contributed by atoms with Crippen molar-refractivity contribution in [2.75, 3.05) is 6.54 Å². The summed E-state index contributed by atoms with van der Waals surface area (Å²) in [7, 11) is 0. The predicted octanol–water partition coefficient (Wildman–Crippen LogP) is 4.63. The van der Waals surface area contributed by atoms with Gasteiger partial charge in [0.2, 0.25) is 0 Å². The topological polar surface area (TPSA) is 21.3 Å². The summed E-state index contributed by atoms with van der Waals surface area (Å²) in [5.74, 6) is 0.968. The zero-order valence-corrected chi connectivity index (χ0v) is 13.2. The fourth-order valence-corrected chi connectivity index (χ4v) is 2.40. The molecule has 0 amide bonds. The van der Waals surface area contributed by atoms with E-state index in [1.54, 1.807) is 0 Å². The average molecular weight is 283 g/mol. The Morgan fingerprint density at radius 3 is 2.67 bits per heavy atom. The highest BCUT2D eigenvalue weighted by atomic mass is 16.5. The number of nitrogens with one attached hydrogen (secondary N) is 1. The highest BCUT2D eigenvalue weighted by Crippen LogP contribution is 2.25. The third-order valence-electron chi connectivity index (χ3n) is 3.56. The van der Waals surface area contributed by atoms with Crippen LogP contribution < -0.4 is 10.1 Å². The molecule has 0 radical (unpaired) electrons. The van der Waals surface area contributed by atoms with Gasteiger partial charge in [-0.2, -0.15) is 0 Å². The summed E-state index contributed by atoms with van der Waals surface area (Å²) in [5, 5.41) is 3.52. The van der Waals surface area contributed by atoms with Crippen LogP contribution in [0.3, 0.4) is 0 Å². The molecule has 0 bridgehead atoms. The molecule has 2 aromatic rings. The summed E-state index contributed by atoms with van der Waals surface area (Å²) in [6.45, 7) is 8.10. The average Bonchev–Trinajstić information content (AvgIpc) is 2.51. The van der Waals surface area contributed by atoms with Crippen molar-refractivity contribution < 1.29 is 4.74 Å². The lowest BCUT2D eigenvalue weighted by Crippen LogP contribution is -2.19. The molecule has 0 heterocycles. The van der Waals surface area contributed by atoms with Crippen LogP contribution in [0.1, 0.15) is 43.0 Å². The van der Waals surface area contributed by atoms with E-state index in [2.05, 4.69) is 68.6 Å². The molecular formula is C19H25NO. The second-order valence-corrected chi connectivity index (χ2v) is 5.49. The van der Waals surface area contributed by atoms with Crippen molar-refractivity contribution in [1.82, 2.24) is 5.32 Å². The van der Waals surface area contributed by atoms with Crippen LogP contribution in [0, 0.1) is 6.92 Å². The van der Waals surface area contributed by atoms with E-state index in [0.717, 1.165) is 18.7 Å². The Labute approximate surface area is 128 Å². The molecule has 0 spiro atoms. The van der Waals surface area contributed by atoms with Crippen molar-refractivity contribution in [3.63, 3.8) is 0 Å². The number of aryl methyl sites for hydroxylation is 1. The summed E-state index contributed by atoms with van der Waals surface area (Å²) < 4.78 is 6.04. The van der Waals surface area contributed by atoms with E-state index in [4.69, 9.17) is 4.74 Å². The molecule has 1 atom stereocenters. The van der Waals surface area contributed by atoms with Crippen molar-refractivity contribution in [2.24, 2.45) is 0 Å². The summed E-state index contributed by atoms with van der Waals surface area (Å²) in [4.78, 5) is 0. The normalized spacial score (nSPS) is 12.1. The Morgan fingerprint density at radius 1 is 1.10 bits per heavy atom. The molecule has 2 nitrogen and oxygen atoms in total. The Balaban J connectivity index is 2.06. The second kappa shape index (κ2) is 7.84. The summed E-state index contributed by atoms with van der Waals surface area (Å²) in [5.41, 5.74) is 3.69. The molecule has 0 aromatic heterocycles. The van der Waals surface area contributed by atoms with Crippen LogP contribution in [0.15, 0.2) is 48.5 Å². The van der Waals surface area contributed by atoms with Crippen molar-refractivity contribution in [3.8, 4) is 5.75 Å². The monoisotopic (exact) mass is 283 g/mol. The molecule has 0 saturated heterocycles. The van der Waals surface area contributed by atoms with Crippen molar-refractivity contribution in [1.29, 1.82) is 0 Å². The van der Waals surface area contributed by atoms with Gasteiger partial charge in [0.25, 0.3) is 0 Å². The minimum absolute atomic E-state index is 0.304. The summed E-state index contributed by atoms with van der Waals surface area (Å²) in [6.07, 6.45) is 1.14. The minimum atomic E-state index is 0.304. The Hall–Kier alpha value is -1.80. The molecule has 0 aliphatic heterocycles. The molecule has 2 heteroatoms. The zero-order valence-electron chi connectivity index (χ0n) is 13.2. The molecule has 2 rings (SSSR count). The van der Waals surface area contributed by atoms with Gasteiger partial charge in [-0.3, -0.25) is 0 Å². The highest BCUT2D eigenvalue weighted by molar-refractivity contribution is 5.36. The van der Waals surface area contributed by atoms with Gasteiger partial charge in [-0.05, 0) is 38.4 Å². The number of benzene rings is 2. The molecule has 0 fully saturated rings. The van der Waals surface area contributed by atoms with E-state index in [1.165, 1.54) is 16.7 Å². The van der Waals surface area contributed by atoms with E-state index < -0.39 is 0 Å². The molecule has 21 heavy (non-hydrogen) atoms. The summed E-state index contributed by atoms with van der Waals surface area (Å²) in [6, 6.07) is 17.0. The van der Waals surface area contributed by atoms with E-state index in [1.807, 2.05) is 6.07 Å². The molecule has 0 saturated carbocycles. The molecule has 0 aliphatic carbocycles. The first-order chi connectivity index (χ1) is 10.2. The van der Waals surface area contributed by atoms with Gasteiger partial charge in [0, 0.05) is 11.6 Å². The fourth-order valence-electron chi connectivity index (χ4n) is 2.40. The third-order valence-corrected chi connectivity index (χ3v) is 3.56. The van der Waals surface area contributed by atoms with Gasteiger partial charge in [-0.25, -0.2) is 0 Å². The van der Waals surface area contributed by atoms with Gasteiger partial charge >= 0.3 is 0 Å². The van der Waals surface area contributed by atoms with Gasteiger partial charge in [-0.15, -0.1) is 0 Å². The maximum atomic E-state index is 6.04. The van der Waals surface area contributed by atoms with E-state index >= 15 is 0 Å². The molecule has 1 N–H and O–H groups in total. The first kappa shape index (κ1) is 15.6. The van der Waals surface area contributed by atoms with E-state index in [0.29, 0.717) is 12.6 Å². The minimum Gasteiger partial charge on any atom is -0.489 e. The number of rotatable bonds is 7. The van der Waals surface area contributed by atoms with Crippen molar-refractivity contribution in [3.05, 3.63) is 65.2 Å². The maximum absolute atomic E-state index is 6.04. The number of para-hydroxylation sites is 1. The lowest BCUT2D eigenvalue weighted by molar-refractivity contribution is 0.299. The van der Waals surface area contributed by atoms with Crippen LogP contribution in [0.5, 0.6) is 5.75 Å². The second-order valence-electron chi connectivity index (χ2n) is 5.49. The van der Waals surface area contributed by atoms with Crippen molar-refractivity contribution in [2.45, 2.75) is 39.8 Å². The fraction of sp³-hybridized carbons (Fsp3) is 0.368. The van der Waals surface area contributed by atoms with Gasteiger partial charge in [0.15, 0.2) is 0 Å². The Morgan fingerprint density at radius 2 is 1.90 bits per heavy atom. The Bertz CT molecular complexity index is 565. The highest BCUT2D eigenvalue weighted by Gasteiger charge is 2.10. The van der Waals surface area contributed by atoms with Gasteiger partial charge in [0.1, 0.15) is 12.4 Å². The maximum Gasteiger partial charge on any atom is 0.124 e. The van der Waals surface area contributed by atoms with E-state index in [9.17, 15) is 0 Å². The number of ether oxygens (including phenoxy) is 1. The van der Waals surface area contributed by atoms with Crippen LogP contribution in [-0.4, -0.2) is 6.54 Å². The Kier molecular flexibility index (Phi) is 5.82. The van der Waals surface area contributed by atoms with Crippen LogP contribution >= 0.6 is 0 Å². The van der Waals surface area contributed by atoms with Crippen LogP contribution in [0.4, 0.5) is 0 Å². The van der Waals surface area contributed by atoms with E-state index in [-0.39, 0.29) is 0 Å². The molecule has 112 valence electrons. The molecule has 2 aromatic carbocycles. The van der Waals surface area contributed by atoms with Crippen molar-refractivity contribution >= 4 is 0 Å². The summed E-state index contributed by atoms with van der Waals surface area (Å²) >= 11 is 0. The van der Waals surface area contributed by atoms with Gasteiger partial charge in [0.05, 0.1) is 0 Å². The standard InChI is InChI=1S/C19H25NO/c1-4-12-20-16(3)18-10-5-6-11-19(18)21-14-17-9-7-8-15(2)13-17/h5-11,13,16,20H,4,12,14H2,1-3H3. The first-order valence-corrected chi connectivity index (χ1v) is 7.71. The molecule has 1 unspecified atom stereocenters. The van der Waals surface area contributed by atoms with Crippen LogP contribution in [-0.2, 0) is 6.61 Å². The largest absolute Gasteiger partial charge is 0.489 e. The molecular weight excluding hydrogens is 258 g/mol. The number of hydrogen-bond acceptors (Lipinski definition) is 2. The van der Waals surface area contributed by atoms with Gasteiger partial charge < -0.3 is 10.1 Å². The van der Waals surface area contributed by atoms with Gasteiger partial charge in [-0.1, -0.05) is 55.0 Å². The van der Waals surface area contributed by atoms with Crippen LogP contribution in [0.2, 0.25) is 0 Å². The lowest BCUT2D eigenvalue weighted by atomic mass is 10.1. The van der Waals surface area contributed by atoms with Crippen LogP contribution in [0.25, 0.3) is 0 Å². The number of hydrogen-bond donors (Lipinski definition) is 1. The lowest BCUT2D eigenvalue weighted by Gasteiger charge is -2.18. The quantitative estimate of drug-likeness (QED) is 0.799. The smallest absolute Gasteiger partial charge is 0.124 e. The molecule has 0 aliphatic rings.